The Morgan fingerprint density at radius 2 is 2.00 bits per heavy atom. The highest BCUT2D eigenvalue weighted by molar-refractivity contribution is 6.34. The molecule has 0 spiro atoms. The average molecular weight is 427 g/mol. The Hall–Kier alpha value is -2.44. The number of pyridine rings is 1. The van der Waals surface area contributed by atoms with Crippen molar-refractivity contribution in [3.8, 4) is 0 Å². The highest BCUT2D eigenvalue weighted by Gasteiger charge is 2.25. The molecular formula is C23H27ClN4O2. The van der Waals surface area contributed by atoms with E-state index in [1.807, 2.05) is 23.0 Å². The van der Waals surface area contributed by atoms with Crippen LogP contribution in [0, 0.1) is 5.92 Å². The minimum absolute atomic E-state index is 0.146. The molecule has 0 aliphatic heterocycles. The second-order valence-corrected chi connectivity index (χ2v) is 9.23. The third-order valence-corrected chi connectivity index (χ3v) is 6.21. The molecule has 0 bridgehead atoms. The van der Waals surface area contributed by atoms with Crippen LogP contribution in [0.5, 0.6) is 0 Å². The number of fused-ring (bicyclic) bond motifs is 1. The smallest absolute Gasteiger partial charge is 0.275 e. The van der Waals surface area contributed by atoms with Crippen molar-refractivity contribution in [2.75, 3.05) is 5.32 Å². The lowest BCUT2D eigenvalue weighted by atomic mass is 9.87. The van der Waals surface area contributed by atoms with Gasteiger partial charge in [-0.2, -0.15) is 5.10 Å². The van der Waals surface area contributed by atoms with Crippen LogP contribution < -0.4 is 5.32 Å². The van der Waals surface area contributed by atoms with Crippen molar-refractivity contribution in [1.82, 2.24) is 14.8 Å². The normalized spacial score (nSPS) is 19.8. The number of halogens is 1. The van der Waals surface area contributed by atoms with E-state index in [0.29, 0.717) is 17.3 Å². The number of carbonyl (C=O) groups is 1. The van der Waals surface area contributed by atoms with E-state index in [2.05, 4.69) is 17.2 Å². The van der Waals surface area contributed by atoms with Gasteiger partial charge in [-0.1, -0.05) is 18.5 Å². The zero-order valence-corrected chi connectivity index (χ0v) is 18.3. The number of carbonyl (C=O) groups excluding carboxylic acids is 1. The SMILES string of the molecule is CC(C)(O)c1cc2nn([C@H]3CC[C@H](C)CC3)cc2cc1NC(=O)c1ncccc1Cl. The van der Waals surface area contributed by atoms with Gasteiger partial charge in [-0.05, 0) is 69.7 Å². The molecule has 1 amide bonds. The van der Waals surface area contributed by atoms with Crippen molar-refractivity contribution in [1.29, 1.82) is 0 Å². The fourth-order valence-corrected chi connectivity index (χ4v) is 4.34. The van der Waals surface area contributed by atoms with Gasteiger partial charge in [0.1, 0.15) is 5.69 Å². The number of nitrogens with zero attached hydrogens (tertiary/aromatic N) is 3. The molecule has 158 valence electrons. The zero-order chi connectivity index (χ0) is 21.5. The maximum Gasteiger partial charge on any atom is 0.275 e. The molecule has 2 heterocycles. The van der Waals surface area contributed by atoms with Crippen molar-refractivity contribution in [2.24, 2.45) is 5.92 Å². The van der Waals surface area contributed by atoms with E-state index in [-0.39, 0.29) is 10.7 Å². The van der Waals surface area contributed by atoms with Crippen LogP contribution in [0.4, 0.5) is 5.69 Å². The van der Waals surface area contributed by atoms with Crippen molar-refractivity contribution in [3.05, 3.63) is 52.9 Å². The monoisotopic (exact) mass is 426 g/mol. The van der Waals surface area contributed by atoms with Gasteiger partial charge in [0.25, 0.3) is 5.91 Å². The molecule has 1 aliphatic carbocycles. The van der Waals surface area contributed by atoms with Crippen LogP contribution in [0.15, 0.2) is 36.7 Å². The average Bonchev–Trinajstić information content (AvgIpc) is 3.10. The summed E-state index contributed by atoms with van der Waals surface area (Å²) in [4.78, 5) is 16.8. The Morgan fingerprint density at radius 1 is 1.27 bits per heavy atom. The first-order chi connectivity index (χ1) is 14.2. The lowest BCUT2D eigenvalue weighted by Gasteiger charge is -2.26. The Bertz CT molecular complexity index is 1080. The van der Waals surface area contributed by atoms with Crippen LogP contribution in [0.2, 0.25) is 5.02 Å². The minimum Gasteiger partial charge on any atom is -0.386 e. The summed E-state index contributed by atoms with van der Waals surface area (Å²) in [5.41, 5.74) is 0.915. The number of benzene rings is 1. The predicted octanol–water partition coefficient (Wildman–Crippen LogP) is 5.32. The number of anilines is 1. The number of amides is 1. The molecule has 6 nitrogen and oxygen atoms in total. The topological polar surface area (TPSA) is 80.0 Å². The van der Waals surface area contributed by atoms with E-state index in [4.69, 9.17) is 16.7 Å². The van der Waals surface area contributed by atoms with Crippen molar-refractivity contribution < 1.29 is 9.90 Å². The summed E-state index contributed by atoms with van der Waals surface area (Å²) in [6.07, 6.45) is 8.22. The van der Waals surface area contributed by atoms with E-state index >= 15 is 0 Å². The fourth-order valence-electron chi connectivity index (χ4n) is 4.13. The Labute approximate surface area is 181 Å². The number of nitrogens with one attached hydrogen (secondary N) is 1. The summed E-state index contributed by atoms with van der Waals surface area (Å²) in [6.45, 7) is 5.68. The maximum absolute atomic E-state index is 12.8. The number of aromatic nitrogens is 3. The summed E-state index contributed by atoms with van der Waals surface area (Å²) >= 11 is 6.12. The molecule has 0 unspecified atom stereocenters. The second kappa shape index (κ2) is 8.00. The third kappa shape index (κ3) is 4.20. The molecule has 4 rings (SSSR count). The Kier molecular flexibility index (Phi) is 5.55. The zero-order valence-electron chi connectivity index (χ0n) is 17.5. The van der Waals surface area contributed by atoms with E-state index in [1.165, 1.54) is 19.0 Å². The largest absolute Gasteiger partial charge is 0.386 e. The van der Waals surface area contributed by atoms with Gasteiger partial charge in [0.05, 0.1) is 22.2 Å². The minimum atomic E-state index is -1.16. The van der Waals surface area contributed by atoms with Crippen LogP contribution in [0.1, 0.15) is 68.5 Å². The number of hydrogen-bond donors (Lipinski definition) is 2. The van der Waals surface area contributed by atoms with Gasteiger partial charge < -0.3 is 10.4 Å². The van der Waals surface area contributed by atoms with Gasteiger partial charge in [0, 0.05) is 29.0 Å². The number of hydrogen-bond acceptors (Lipinski definition) is 4. The Morgan fingerprint density at radius 3 is 2.67 bits per heavy atom. The molecule has 7 heteroatoms. The summed E-state index contributed by atoms with van der Waals surface area (Å²) in [5.74, 6) is 0.354. The number of rotatable bonds is 4. The molecule has 1 aliphatic rings. The van der Waals surface area contributed by atoms with E-state index < -0.39 is 11.5 Å². The molecule has 0 radical (unpaired) electrons. The van der Waals surface area contributed by atoms with Gasteiger partial charge in [0.2, 0.25) is 0 Å². The summed E-state index contributed by atoms with van der Waals surface area (Å²) in [6, 6.07) is 7.41. The first-order valence-corrected chi connectivity index (χ1v) is 10.8. The predicted molar refractivity (Wildman–Crippen MR) is 119 cm³/mol. The van der Waals surface area contributed by atoms with Crippen LogP contribution in [-0.4, -0.2) is 25.8 Å². The van der Waals surface area contributed by atoms with Gasteiger partial charge in [0.15, 0.2) is 0 Å². The van der Waals surface area contributed by atoms with Gasteiger partial charge in [-0.25, -0.2) is 4.98 Å². The van der Waals surface area contributed by atoms with E-state index in [1.54, 1.807) is 26.0 Å². The standard InChI is InChI=1S/C23H27ClN4O2/c1-14-6-8-16(9-7-14)28-13-15-11-20(17(23(2,3)30)12-19(15)27-28)26-22(29)21-18(24)5-4-10-25-21/h4-5,10-14,16,30H,6-9H2,1-3H3,(H,26,29)/t14-,16-. The van der Waals surface area contributed by atoms with Crippen LogP contribution in [-0.2, 0) is 5.60 Å². The third-order valence-electron chi connectivity index (χ3n) is 5.90. The molecule has 1 saturated carbocycles. The summed E-state index contributed by atoms with van der Waals surface area (Å²) in [5, 5.41) is 19.6. The molecule has 2 N–H and O–H groups in total. The summed E-state index contributed by atoms with van der Waals surface area (Å²) in [7, 11) is 0. The van der Waals surface area contributed by atoms with E-state index in [9.17, 15) is 9.90 Å². The van der Waals surface area contributed by atoms with Crippen molar-refractivity contribution in [3.63, 3.8) is 0 Å². The van der Waals surface area contributed by atoms with Crippen molar-refractivity contribution in [2.45, 2.75) is 58.1 Å². The highest BCUT2D eigenvalue weighted by Crippen LogP contribution is 2.35. The molecule has 1 fully saturated rings. The molecule has 30 heavy (non-hydrogen) atoms. The van der Waals surface area contributed by atoms with Crippen LogP contribution in [0.25, 0.3) is 10.9 Å². The van der Waals surface area contributed by atoms with Gasteiger partial charge in [-0.15, -0.1) is 0 Å². The lowest BCUT2D eigenvalue weighted by Crippen LogP contribution is -2.21. The first-order valence-electron chi connectivity index (χ1n) is 10.4. The van der Waals surface area contributed by atoms with Crippen LogP contribution in [0.3, 0.4) is 0 Å². The van der Waals surface area contributed by atoms with Gasteiger partial charge >= 0.3 is 0 Å². The molecule has 3 aromatic rings. The molecule has 1 aromatic carbocycles. The molecule has 0 atom stereocenters. The molecule has 0 saturated heterocycles. The van der Waals surface area contributed by atoms with E-state index in [0.717, 1.165) is 29.7 Å². The highest BCUT2D eigenvalue weighted by atomic mass is 35.5. The number of aliphatic hydroxyl groups is 1. The van der Waals surface area contributed by atoms with Gasteiger partial charge in [-0.3, -0.25) is 9.48 Å². The quantitative estimate of drug-likeness (QED) is 0.592. The second-order valence-electron chi connectivity index (χ2n) is 8.83. The summed E-state index contributed by atoms with van der Waals surface area (Å²) < 4.78 is 2.05. The molecule has 2 aromatic heterocycles. The van der Waals surface area contributed by atoms with Crippen molar-refractivity contribution >= 4 is 34.1 Å². The maximum atomic E-state index is 12.8. The first kappa shape index (κ1) is 20.8. The Balaban J connectivity index is 1.71. The fraction of sp³-hybridized carbons (Fsp3) is 0.435. The lowest BCUT2D eigenvalue weighted by molar-refractivity contribution is 0.0793. The molecular weight excluding hydrogens is 400 g/mol. The van der Waals surface area contributed by atoms with Crippen LogP contribution >= 0.6 is 11.6 Å².